The van der Waals surface area contributed by atoms with E-state index in [4.69, 9.17) is 11.6 Å². The molecule has 12 heteroatoms. The third kappa shape index (κ3) is 3.68. The second-order valence-corrected chi connectivity index (χ2v) is 9.57. The van der Waals surface area contributed by atoms with Crippen molar-refractivity contribution in [2.45, 2.75) is 4.90 Å². The lowest BCUT2D eigenvalue weighted by molar-refractivity contribution is 0.384. The average molecular weight is 474 g/mol. The number of hydrogen-bond acceptors (Lipinski definition) is 7. The third-order valence-corrected chi connectivity index (χ3v) is 7.41. The van der Waals surface area contributed by atoms with E-state index in [0.29, 0.717) is 35.1 Å². The molecule has 0 aliphatic carbocycles. The summed E-state index contributed by atoms with van der Waals surface area (Å²) in [7, 11) is -3.78. The number of anilines is 1. The Bertz CT molecular complexity index is 1390. The highest BCUT2D eigenvalue weighted by Crippen LogP contribution is 2.25. The summed E-state index contributed by atoms with van der Waals surface area (Å²) in [6.07, 6.45) is 1.43. The van der Waals surface area contributed by atoms with Crippen molar-refractivity contribution in [1.82, 2.24) is 29.3 Å². The van der Waals surface area contributed by atoms with E-state index in [9.17, 15) is 12.8 Å². The predicted octanol–water partition coefficient (Wildman–Crippen LogP) is 2.51. The van der Waals surface area contributed by atoms with Crippen molar-refractivity contribution >= 4 is 38.6 Å². The zero-order valence-electron chi connectivity index (χ0n) is 16.6. The van der Waals surface area contributed by atoms with E-state index in [-0.39, 0.29) is 18.0 Å². The van der Waals surface area contributed by atoms with Crippen LogP contribution in [0.3, 0.4) is 0 Å². The SMILES string of the molecule is O=S(=O)(c1cccc(F)c1)N1CCN(c2ncnc3c2nnn3-c2ccc(Cl)cc2)CC1. The smallest absolute Gasteiger partial charge is 0.243 e. The van der Waals surface area contributed by atoms with Gasteiger partial charge in [0.1, 0.15) is 12.1 Å². The molecule has 0 N–H and O–H groups in total. The minimum Gasteiger partial charge on any atom is -0.352 e. The highest BCUT2D eigenvalue weighted by atomic mass is 35.5. The van der Waals surface area contributed by atoms with Crippen LogP contribution in [0.2, 0.25) is 5.02 Å². The second kappa shape index (κ2) is 8.08. The number of nitrogens with zero attached hydrogens (tertiary/aromatic N) is 7. The molecule has 0 atom stereocenters. The van der Waals surface area contributed by atoms with Gasteiger partial charge in [0.2, 0.25) is 10.0 Å². The molecule has 0 amide bonds. The van der Waals surface area contributed by atoms with Gasteiger partial charge in [0.25, 0.3) is 0 Å². The van der Waals surface area contributed by atoms with Crippen molar-refractivity contribution in [2.75, 3.05) is 31.1 Å². The lowest BCUT2D eigenvalue weighted by Crippen LogP contribution is -2.49. The molecule has 1 fully saturated rings. The fourth-order valence-electron chi connectivity index (χ4n) is 3.64. The molecule has 2 aromatic heterocycles. The van der Waals surface area contributed by atoms with Gasteiger partial charge in [-0.1, -0.05) is 22.9 Å². The Balaban J connectivity index is 1.39. The maximum Gasteiger partial charge on any atom is 0.243 e. The molecule has 0 bridgehead atoms. The Hall–Kier alpha value is -3.15. The molecule has 1 aliphatic rings. The molecule has 2 aromatic carbocycles. The van der Waals surface area contributed by atoms with E-state index in [1.807, 2.05) is 17.0 Å². The molecule has 0 saturated carbocycles. The summed E-state index contributed by atoms with van der Waals surface area (Å²) in [6.45, 7) is 1.26. The van der Waals surface area contributed by atoms with Crippen LogP contribution in [0.5, 0.6) is 0 Å². The quantitative estimate of drug-likeness (QED) is 0.449. The lowest BCUT2D eigenvalue weighted by atomic mass is 10.3. The van der Waals surface area contributed by atoms with E-state index in [1.165, 1.54) is 28.8 Å². The second-order valence-electron chi connectivity index (χ2n) is 7.20. The summed E-state index contributed by atoms with van der Waals surface area (Å²) >= 11 is 5.97. The Labute approximate surface area is 188 Å². The van der Waals surface area contributed by atoms with Crippen molar-refractivity contribution in [3.63, 3.8) is 0 Å². The van der Waals surface area contributed by atoms with Gasteiger partial charge in [-0.15, -0.1) is 5.10 Å². The summed E-state index contributed by atoms with van der Waals surface area (Å²) in [6, 6.07) is 12.2. The zero-order valence-corrected chi connectivity index (χ0v) is 18.2. The molecular formula is C20H17ClFN7O2S. The zero-order chi connectivity index (χ0) is 22.3. The molecule has 3 heterocycles. The van der Waals surface area contributed by atoms with E-state index in [2.05, 4.69) is 20.3 Å². The maximum atomic E-state index is 13.5. The number of benzene rings is 2. The summed E-state index contributed by atoms with van der Waals surface area (Å²) in [5.74, 6) is -0.00474. The lowest BCUT2D eigenvalue weighted by Gasteiger charge is -2.34. The van der Waals surface area contributed by atoms with Gasteiger partial charge in [0.05, 0.1) is 10.6 Å². The monoisotopic (exact) mass is 473 g/mol. The first-order valence-corrected chi connectivity index (χ1v) is 11.6. The number of hydrogen-bond donors (Lipinski definition) is 0. The molecule has 0 radical (unpaired) electrons. The van der Waals surface area contributed by atoms with Gasteiger partial charge in [-0.05, 0) is 42.5 Å². The first-order chi connectivity index (χ1) is 15.4. The number of piperazine rings is 1. The highest BCUT2D eigenvalue weighted by molar-refractivity contribution is 7.89. The van der Waals surface area contributed by atoms with Crippen LogP contribution in [0.15, 0.2) is 59.8 Å². The molecule has 164 valence electrons. The molecule has 0 unspecified atom stereocenters. The van der Waals surface area contributed by atoms with E-state index >= 15 is 0 Å². The summed E-state index contributed by atoms with van der Waals surface area (Å²) in [5.41, 5.74) is 1.81. The van der Waals surface area contributed by atoms with Crippen LogP contribution < -0.4 is 4.90 Å². The fraction of sp³-hybridized carbons (Fsp3) is 0.200. The molecule has 32 heavy (non-hydrogen) atoms. The standard InChI is InChI=1S/C20H17ClFN7O2S/c21-14-4-6-16(7-5-14)29-20-18(25-26-29)19(23-13-24-20)27-8-10-28(11-9-27)32(30,31)17-3-1-2-15(22)12-17/h1-7,12-13H,8-11H2. The number of halogens is 2. The highest BCUT2D eigenvalue weighted by Gasteiger charge is 2.30. The Kier molecular flexibility index (Phi) is 5.24. The van der Waals surface area contributed by atoms with Crippen LogP contribution in [-0.4, -0.2) is 63.9 Å². The van der Waals surface area contributed by atoms with E-state index in [0.717, 1.165) is 11.8 Å². The summed E-state index contributed by atoms with van der Waals surface area (Å²) in [5, 5.41) is 9.07. The first-order valence-electron chi connectivity index (χ1n) is 9.76. The molecule has 4 aromatic rings. The van der Waals surface area contributed by atoms with Crippen LogP contribution in [0.25, 0.3) is 16.9 Å². The molecule has 0 spiro atoms. The molecule has 5 rings (SSSR count). The third-order valence-electron chi connectivity index (χ3n) is 5.26. The van der Waals surface area contributed by atoms with Crippen molar-refractivity contribution in [2.24, 2.45) is 0 Å². The van der Waals surface area contributed by atoms with Crippen molar-refractivity contribution < 1.29 is 12.8 Å². The summed E-state index contributed by atoms with van der Waals surface area (Å²) in [4.78, 5) is 10.6. The topological polar surface area (TPSA) is 97.1 Å². The van der Waals surface area contributed by atoms with Gasteiger partial charge in [0, 0.05) is 31.2 Å². The Morgan fingerprint density at radius 2 is 1.72 bits per heavy atom. The van der Waals surface area contributed by atoms with Crippen LogP contribution >= 0.6 is 11.6 Å². The van der Waals surface area contributed by atoms with E-state index < -0.39 is 15.8 Å². The van der Waals surface area contributed by atoms with Crippen molar-refractivity contribution in [1.29, 1.82) is 0 Å². The number of sulfonamides is 1. The van der Waals surface area contributed by atoms with Crippen LogP contribution in [0.4, 0.5) is 10.2 Å². The molecule has 9 nitrogen and oxygen atoms in total. The van der Waals surface area contributed by atoms with Gasteiger partial charge in [-0.3, -0.25) is 0 Å². The minimum absolute atomic E-state index is 0.0544. The van der Waals surface area contributed by atoms with Crippen LogP contribution in [0.1, 0.15) is 0 Å². The predicted molar refractivity (Wildman–Crippen MR) is 117 cm³/mol. The van der Waals surface area contributed by atoms with Gasteiger partial charge >= 0.3 is 0 Å². The van der Waals surface area contributed by atoms with Crippen molar-refractivity contribution in [3.05, 3.63) is 65.7 Å². The summed E-state index contributed by atoms with van der Waals surface area (Å²) < 4.78 is 42.2. The van der Waals surface area contributed by atoms with Crippen LogP contribution in [-0.2, 0) is 10.0 Å². The van der Waals surface area contributed by atoms with Gasteiger partial charge < -0.3 is 4.90 Å². The molecule has 1 saturated heterocycles. The van der Waals surface area contributed by atoms with Gasteiger partial charge in [-0.2, -0.15) is 8.99 Å². The number of rotatable bonds is 4. The number of fused-ring (bicyclic) bond motifs is 1. The normalized spacial score (nSPS) is 15.4. The van der Waals surface area contributed by atoms with Crippen LogP contribution in [0, 0.1) is 5.82 Å². The minimum atomic E-state index is -3.78. The number of aromatic nitrogens is 5. The fourth-order valence-corrected chi connectivity index (χ4v) is 5.22. The largest absolute Gasteiger partial charge is 0.352 e. The molecule has 1 aliphatic heterocycles. The van der Waals surface area contributed by atoms with Crippen molar-refractivity contribution in [3.8, 4) is 5.69 Å². The Morgan fingerprint density at radius 1 is 0.969 bits per heavy atom. The average Bonchev–Trinajstić information content (AvgIpc) is 3.24. The van der Waals surface area contributed by atoms with Gasteiger partial charge in [0.15, 0.2) is 17.0 Å². The molecular weight excluding hydrogens is 457 g/mol. The van der Waals surface area contributed by atoms with E-state index in [1.54, 1.807) is 16.8 Å². The maximum absolute atomic E-state index is 13.5. The first kappa shape index (κ1) is 20.7. The van der Waals surface area contributed by atoms with Gasteiger partial charge in [-0.25, -0.2) is 22.8 Å². The Morgan fingerprint density at radius 3 is 2.44 bits per heavy atom.